The van der Waals surface area contributed by atoms with E-state index in [2.05, 4.69) is 13.8 Å². The molecule has 0 unspecified atom stereocenters. The van der Waals surface area contributed by atoms with Gasteiger partial charge >= 0.3 is 0 Å². The van der Waals surface area contributed by atoms with Crippen molar-refractivity contribution in [3.63, 3.8) is 0 Å². The first-order chi connectivity index (χ1) is 12.7. The molecule has 0 amide bonds. The van der Waals surface area contributed by atoms with Gasteiger partial charge in [0.25, 0.3) is 10.2 Å². The van der Waals surface area contributed by atoms with Gasteiger partial charge in [-0.15, -0.1) is 0 Å². The molecule has 0 N–H and O–H groups in total. The Balaban J connectivity index is 1.62. The quantitative estimate of drug-likeness (QED) is 0.727. The number of benzene rings is 1. The van der Waals surface area contributed by atoms with Gasteiger partial charge in [-0.2, -0.15) is 21.3 Å². The average molecular weight is 416 g/mol. The lowest BCUT2D eigenvalue weighted by Crippen LogP contribution is -2.56. The third-order valence-electron chi connectivity index (χ3n) is 5.27. The van der Waals surface area contributed by atoms with Crippen LogP contribution in [0.1, 0.15) is 25.8 Å². The zero-order valence-electron chi connectivity index (χ0n) is 16.0. The lowest BCUT2D eigenvalue weighted by Gasteiger charge is -2.40. The number of hydrogen-bond acceptors (Lipinski definition) is 4. The van der Waals surface area contributed by atoms with Gasteiger partial charge in [0.05, 0.1) is 5.75 Å². The van der Waals surface area contributed by atoms with Crippen molar-refractivity contribution in [2.24, 2.45) is 11.8 Å². The molecule has 9 heteroatoms. The highest BCUT2D eigenvalue weighted by Crippen LogP contribution is 2.25. The van der Waals surface area contributed by atoms with E-state index in [1.54, 1.807) is 16.4 Å². The zero-order valence-corrected chi connectivity index (χ0v) is 17.6. The number of nitrogens with zero attached hydrogens (tertiary/aromatic N) is 3. The van der Waals surface area contributed by atoms with E-state index in [0.717, 1.165) is 12.0 Å². The Kier molecular flexibility index (Phi) is 6.27. The Morgan fingerprint density at radius 1 is 0.815 bits per heavy atom. The second kappa shape index (κ2) is 8.16. The Hall–Kier alpha value is -1.00. The van der Waals surface area contributed by atoms with Crippen LogP contribution in [0.5, 0.6) is 0 Å². The van der Waals surface area contributed by atoms with E-state index in [9.17, 15) is 16.8 Å². The Morgan fingerprint density at radius 2 is 1.33 bits per heavy atom. The van der Waals surface area contributed by atoms with Crippen molar-refractivity contribution in [3.8, 4) is 0 Å². The van der Waals surface area contributed by atoms with Crippen LogP contribution in [0.2, 0.25) is 0 Å². The minimum Gasteiger partial charge on any atom is -0.212 e. The topological polar surface area (TPSA) is 78.0 Å². The summed E-state index contributed by atoms with van der Waals surface area (Å²) in [5, 5.41) is 0. The van der Waals surface area contributed by atoms with Gasteiger partial charge in [0.2, 0.25) is 10.0 Å². The summed E-state index contributed by atoms with van der Waals surface area (Å²) >= 11 is 0. The SMILES string of the molecule is C[C@@H]1C[C@H](C)CN(S(=O)(=O)N2CCN(S(=O)(=O)Cc3ccccc3)CC2)C1. The fraction of sp³-hybridized carbons (Fsp3) is 0.667. The second-order valence-electron chi connectivity index (χ2n) is 7.81. The van der Waals surface area contributed by atoms with Crippen LogP contribution in [0, 0.1) is 11.8 Å². The maximum Gasteiger partial charge on any atom is 0.282 e. The fourth-order valence-corrected chi connectivity index (χ4v) is 7.37. The number of piperidine rings is 1. The standard InChI is InChI=1S/C18H29N3O4S2/c1-16-12-17(2)14-21(13-16)27(24,25)20-10-8-19(9-11-20)26(22,23)15-18-6-4-3-5-7-18/h3-7,16-17H,8-15H2,1-2H3/t16-,17+. The van der Waals surface area contributed by atoms with Crippen LogP contribution >= 0.6 is 0 Å². The Labute approximate surface area is 163 Å². The van der Waals surface area contributed by atoms with Gasteiger partial charge < -0.3 is 0 Å². The van der Waals surface area contributed by atoms with Crippen molar-refractivity contribution in [1.82, 2.24) is 12.9 Å². The molecule has 2 aliphatic rings. The van der Waals surface area contributed by atoms with E-state index in [0.29, 0.717) is 24.9 Å². The van der Waals surface area contributed by atoms with E-state index in [-0.39, 0.29) is 31.9 Å². The summed E-state index contributed by atoms with van der Waals surface area (Å²) in [5.74, 6) is 0.633. The van der Waals surface area contributed by atoms with Crippen molar-refractivity contribution < 1.29 is 16.8 Å². The molecule has 0 bridgehead atoms. The predicted octanol–water partition coefficient (Wildman–Crippen LogP) is 1.36. The molecule has 1 aromatic rings. The van der Waals surface area contributed by atoms with E-state index in [1.807, 2.05) is 18.2 Å². The molecular formula is C18H29N3O4S2. The summed E-state index contributed by atoms with van der Waals surface area (Å²) in [6.07, 6.45) is 1.04. The third-order valence-corrected chi connectivity index (χ3v) is 9.09. The van der Waals surface area contributed by atoms with Crippen molar-refractivity contribution in [2.45, 2.75) is 26.0 Å². The first kappa shape index (κ1) is 20.7. The molecule has 2 heterocycles. The van der Waals surface area contributed by atoms with Crippen molar-refractivity contribution >= 4 is 20.2 Å². The largest absolute Gasteiger partial charge is 0.282 e. The van der Waals surface area contributed by atoms with E-state index in [1.165, 1.54) is 8.61 Å². The van der Waals surface area contributed by atoms with Crippen LogP contribution in [0.15, 0.2) is 30.3 Å². The lowest BCUT2D eigenvalue weighted by atomic mass is 9.94. The van der Waals surface area contributed by atoms with Crippen LogP contribution in [-0.2, 0) is 26.0 Å². The zero-order chi connectivity index (χ0) is 19.7. The van der Waals surface area contributed by atoms with Gasteiger partial charge in [0.1, 0.15) is 0 Å². The van der Waals surface area contributed by atoms with Crippen LogP contribution in [0.25, 0.3) is 0 Å². The van der Waals surface area contributed by atoms with Crippen LogP contribution < -0.4 is 0 Å². The molecule has 2 atom stereocenters. The molecule has 0 saturated carbocycles. The number of rotatable bonds is 5. The van der Waals surface area contributed by atoms with Gasteiger partial charge in [0, 0.05) is 39.3 Å². The maximum absolute atomic E-state index is 13.0. The van der Waals surface area contributed by atoms with Gasteiger partial charge in [-0.25, -0.2) is 8.42 Å². The monoisotopic (exact) mass is 415 g/mol. The number of piperazine rings is 1. The molecule has 2 fully saturated rings. The molecule has 0 aromatic heterocycles. The molecule has 27 heavy (non-hydrogen) atoms. The highest BCUT2D eigenvalue weighted by atomic mass is 32.2. The van der Waals surface area contributed by atoms with Crippen LogP contribution in [0.4, 0.5) is 0 Å². The average Bonchev–Trinajstić information content (AvgIpc) is 2.61. The summed E-state index contributed by atoms with van der Waals surface area (Å²) in [4.78, 5) is 0. The first-order valence-electron chi connectivity index (χ1n) is 9.45. The van der Waals surface area contributed by atoms with Gasteiger partial charge in [-0.3, -0.25) is 0 Å². The summed E-state index contributed by atoms with van der Waals surface area (Å²) in [6, 6.07) is 9.06. The Bertz CT molecular complexity index is 825. The minimum atomic E-state index is -3.53. The smallest absolute Gasteiger partial charge is 0.212 e. The van der Waals surface area contributed by atoms with E-state index >= 15 is 0 Å². The van der Waals surface area contributed by atoms with Crippen molar-refractivity contribution in [1.29, 1.82) is 0 Å². The van der Waals surface area contributed by atoms with Crippen LogP contribution in [0.3, 0.4) is 0 Å². The summed E-state index contributed by atoms with van der Waals surface area (Å²) in [5.41, 5.74) is 0.740. The third kappa shape index (κ3) is 4.89. The molecule has 0 spiro atoms. The van der Waals surface area contributed by atoms with Crippen LogP contribution in [-0.4, -0.2) is 69.0 Å². The number of hydrogen-bond donors (Lipinski definition) is 0. The summed E-state index contributed by atoms with van der Waals surface area (Å²) in [6.45, 7) is 6.04. The summed E-state index contributed by atoms with van der Waals surface area (Å²) < 4.78 is 55.6. The summed E-state index contributed by atoms with van der Waals surface area (Å²) in [7, 11) is -6.98. The van der Waals surface area contributed by atoms with Gasteiger partial charge in [0.15, 0.2) is 0 Å². The first-order valence-corrected chi connectivity index (χ1v) is 12.5. The highest BCUT2D eigenvalue weighted by molar-refractivity contribution is 7.88. The molecule has 152 valence electrons. The minimum absolute atomic E-state index is 0.0538. The molecular weight excluding hydrogens is 386 g/mol. The van der Waals surface area contributed by atoms with E-state index < -0.39 is 20.2 Å². The van der Waals surface area contributed by atoms with Crippen molar-refractivity contribution in [2.75, 3.05) is 39.3 Å². The fourth-order valence-electron chi connectivity index (χ4n) is 4.01. The number of sulfonamides is 1. The van der Waals surface area contributed by atoms with Crippen molar-refractivity contribution in [3.05, 3.63) is 35.9 Å². The van der Waals surface area contributed by atoms with E-state index in [4.69, 9.17) is 0 Å². The highest BCUT2D eigenvalue weighted by Gasteiger charge is 2.38. The maximum atomic E-state index is 13.0. The molecule has 7 nitrogen and oxygen atoms in total. The molecule has 0 aliphatic carbocycles. The molecule has 3 rings (SSSR count). The molecule has 2 aliphatic heterocycles. The molecule has 2 saturated heterocycles. The lowest BCUT2D eigenvalue weighted by molar-refractivity contribution is 0.197. The predicted molar refractivity (Wildman–Crippen MR) is 106 cm³/mol. The molecule has 0 radical (unpaired) electrons. The molecule has 1 aromatic carbocycles. The van der Waals surface area contributed by atoms with Gasteiger partial charge in [-0.1, -0.05) is 44.2 Å². The van der Waals surface area contributed by atoms with Gasteiger partial charge in [-0.05, 0) is 23.8 Å². The second-order valence-corrected chi connectivity index (χ2v) is 11.7. The normalized spacial score (nSPS) is 26.9. The Morgan fingerprint density at radius 3 is 1.89 bits per heavy atom.